The summed E-state index contributed by atoms with van der Waals surface area (Å²) in [4.78, 5) is 11.7. The van der Waals surface area contributed by atoms with Crippen LogP contribution in [0.15, 0.2) is 0 Å². The van der Waals surface area contributed by atoms with Crippen LogP contribution in [0.25, 0.3) is 0 Å². The SMILES string of the molecule is CCCCOC(=O)C(CCC)CCCC. The molecule has 0 saturated heterocycles. The Hall–Kier alpha value is -0.530. The highest BCUT2D eigenvalue weighted by Gasteiger charge is 2.17. The Kier molecular flexibility index (Phi) is 9.65. The lowest BCUT2D eigenvalue weighted by Gasteiger charge is -2.14. The molecular formula is C13H26O2. The zero-order chi connectivity index (χ0) is 11.5. The Balaban J connectivity index is 3.81. The number of unbranched alkanes of at least 4 members (excludes halogenated alkanes) is 2. The molecule has 0 aliphatic rings. The highest BCUT2D eigenvalue weighted by molar-refractivity contribution is 5.72. The van der Waals surface area contributed by atoms with E-state index in [0.29, 0.717) is 6.61 Å². The molecule has 15 heavy (non-hydrogen) atoms. The van der Waals surface area contributed by atoms with E-state index < -0.39 is 0 Å². The minimum absolute atomic E-state index is 0.0266. The lowest BCUT2D eigenvalue weighted by molar-refractivity contribution is -0.149. The molecule has 0 aromatic carbocycles. The van der Waals surface area contributed by atoms with Crippen LogP contribution in [-0.4, -0.2) is 12.6 Å². The maximum absolute atomic E-state index is 11.7. The molecule has 1 unspecified atom stereocenters. The predicted octanol–water partition coefficient (Wildman–Crippen LogP) is 3.94. The van der Waals surface area contributed by atoms with E-state index in [1.807, 2.05) is 0 Å². The van der Waals surface area contributed by atoms with Crippen molar-refractivity contribution in [2.24, 2.45) is 5.92 Å². The summed E-state index contributed by atoms with van der Waals surface area (Å²) in [7, 11) is 0. The number of carbonyl (C=O) groups is 1. The molecule has 0 bridgehead atoms. The fraction of sp³-hybridized carbons (Fsp3) is 0.923. The van der Waals surface area contributed by atoms with Gasteiger partial charge in [-0.05, 0) is 19.3 Å². The zero-order valence-corrected chi connectivity index (χ0v) is 10.6. The van der Waals surface area contributed by atoms with E-state index in [9.17, 15) is 4.79 Å². The summed E-state index contributed by atoms with van der Waals surface area (Å²) in [5, 5.41) is 0. The molecule has 2 nitrogen and oxygen atoms in total. The van der Waals surface area contributed by atoms with Crippen molar-refractivity contribution in [3.63, 3.8) is 0 Å². The quantitative estimate of drug-likeness (QED) is 0.429. The van der Waals surface area contributed by atoms with Gasteiger partial charge >= 0.3 is 5.97 Å². The molecule has 0 aliphatic carbocycles. The van der Waals surface area contributed by atoms with Gasteiger partial charge in [0.1, 0.15) is 0 Å². The molecule has 0 heterocycles. The summed E-state index contributed by atoms with van der Waals surface area (Å²) in [6.45, 7) is 6.99. The number of esters is 1. The van der Waals surface area contributed by atoms with Crippen molar-refractivity contribution in [1.29, 1.82) is 0 Å². The van der Waals surface area contributed by atoms with Gasteiger partial charge in [0.05, 0.1) is 12.5 Å². The second-order valence-corrected chi connectivity index (χ2v) is 4.15. The monoisotopic (exact) mass is 214 g/mol. The maximum atomic E-state index is 11.7. The van der Waals surface area contributed by atoms with E-state index in [2.05, 4.69) is 20.8 Å². The third-order valence-electron chi connectivity index (χ3n) is 2.62. The Bertz CT molecular complexity index is 155. The lowest BCUT2D eigenvalue weighted by Crippen LogP contribution is -2.18. The van der Waals surface area contributed by atoms with Crippen LogP contribution in [0.4, 0.5) is 0 Å². The van der Waals surface area contributed by atoms with Crippen LogP contribution >= 0.6 is 0 Å². The molecule has 0 spiro atoms. The first-order valence-electron chi connectivity index (χ1n) is 6.42. The molecule has 0 aliphatic heterocycles. The van der Waals surface area contributed by atoms with Gasteiger partial charge in [0, 0.05) is 0 Å². The van der Waals surface area contributed by atoms with Gasteiger partial charge in [-0.1, -0.05) is 46.5 Å². The fourth-order valence-electron chi connectivity index (χ4n) is 1.61. The Morgan fingerprint density at radius 3 is 2.20 bits per heavy atom. The normalized spacial score (nSPS) is 12.5. The average molecular weight is 214 g/mol. The Labute approximate surface area is 94.4 Å². The second-order valence-electron chi connectivity index (χ2n) is 4.15. The molecule has 0 N–H and O–H groups in total. The minimum Gasteiger partial charge on any atom is -0.465 e. The summed E-state index contributed by atoms with van der Waals surface area (Å²) < 4.78 is 5.26. The van der Waals surface area contributed by atoms with Crippen molar-refractivity contribution >= 4 is 5.97 Å². The van der Waals surface area contributed by atoms with Crippen LogP contribution in [0, 0.1) is 5.92 Å². The first-order chi connectivity index (χ1) is 7.26. The van der Waals surface area contributed by atoms with Crippen molar-refractivity contribution in [3.8, 4) is 0 Å². The van der Waals surface area contributed by atoms with Crippen molar-refractivity contribution < 1.29 is 9.53 Å². The molecule has 1 atom stereocenters. The number of carbonyl (C=O) groups excluding carboxylic acids is 1. The summed E-state index contributed by atoms with van der Waals surface area (Å²) in [5.41, 5.74) is 0. The van der Waals surface area contributed by atoms with Gasteiger partial charge in [0.15, 0.2) is 0 Å². The maximum Gasteiger partial charge on any atom is 0.308 e. The topological polar surface area (TPSA) is 26.3 Å². The van der Waals surface area contributed by atoms with Gasteiger partial charge in [0.2, 0.25) is 0 Å². The summed E-state index contributed by atoms with van der Waals surface area (Å²) in [6.07, 6.45) is 7.40. The number of ether oxygens (including phenoxy) is 1. The third-order valence-corrected chi connectivity index (χ3v) is 2.62. The second kappa shape index (κ2) is 10.0. The highest BCUT2D eigenvalue weighted by atomic mass is 16.5. The van der Waals surface area contributed by atoms with Crippen LogP contribution in [0.2, 0.25) is 0 Å². The van der Waals surface area contributed by atoms with Crippen molar-refractivity contribution in [2.45, 2.75) is 65.7 Å². The summed E-state index contributed by atoms with van der Waals surface area (Å²) in [6, 6.07) is 0. The number of rotatable bonds is 9. The Morgan fingerprint density at radius 2 is 1.67 bits per heavy atom. The van der Waals surface area contributed by atoms with Crippen molar-refractivity contribution in [2.75, 3.05) is 6.61 Å². The largest absolute Gasteiger partial charge is 0.465 e. The standard InChI is InChI=1S/C13H26O2/c1-4-7-10-12(9-6-3)13(14)15-11-8-5-2/h12H,4-11H2,1-3H3. The minimum atomic E-state index is 0.0266. The fourth-order valence-corrected chi connectivity index (χ4v) is 1.61. The molecule has 0 saturated carbocycles. The molecule has 2 heteroatoms. The molecular weight excluding hydrogens is 188 g/mol. The van der Waals surface area contributed by atoms with E-state index in [4.69, 9.17) is 4.74 Å². The number of hydrogen-bond acceptors (Lipinski definition) is 2. The van der Waals surface area contributed by atoms with Crippen molar-refractivity contribution in [3.05, 3.63) is 0 Å². The van der Waals surface area contributed by atoms with E-state index in [1.54, 1.807) is 0 Å². The third kappa shape index (κ3) is 7.40. The molecule has 0 fully saturated rings. The van der Waals surface area contributed by atoms with E-state index >= 15 is 0 Å². The van der Waals surface area contributed by atoms with E-state index in [-0.39, 0.29) is 11.9 Å². The summed E-state index contributed by atoms with van der Waals surface area (Å²) >= 11 is 0. The summed E-state index contributed by atoms with van der Waals surface area (Å²) in [5.74, 6) is 0.172. The van der Waals surface area contributed by atoms with Gasteiger partial charge < -0.3 is 4.74 Å². The lowest BCUT2D eigenvalue weighted by atomic mass is 9.97. The molecule has 0 aromatic rings. The number of hydrogen-bond donors (Lipinski definition) is 0. The highest BCUT2D eigenvalue weighted by Crippen LogP contribution is 2.16. The van der Waals surface area contributed by atoms with Crippen LogP contribution in [-0.2, 0) is 9.53 Å². The molecule has 90 valence electrons. The molecule has 0 rings (SSSR count). The van der Waals surface area contributed by atoms with Gasteiger partial charge in [-0.3, -0.25) is 4.79 Å². The Morgan fingerprint density at radius 1 is 1.00 bits per heavy atom. The van der Waals surface area contributed by atoms with Gasteiger partial charge in [-0.25, -0.2) is 0 Å². The van der Waals surface area contributed by atoms with Gasteiger partial charge in [-0.2, -0.15) is 0 Å². The van der Waals surface area contributed by atoms with Crippen LogP contribution in [0.3, 0.4) is 0 Å². The molecule has 0 radical (unpaired) electrons. The van der Waals surface area contributed by atoms with E-state index in [0.717, 1.165) is 44.9 Å². The zero-order valence-electron chi connectivity index (χ0n) is 10.6. The first kappa shape index (κ1) is 14.5. The van der Waals surface area contributed by atoms with Gasteiger partial charge in [0.25, 0.3) is 0 Å². The van der Waals surface area contributed by atoms with Crippen LogP contribution < -0.4 is 0 Å². The molecule has 0 aromatic heterocycles. The van der Waals surface area contributed by atoms with E-state index in [1.165, 1.54) is 0 Å². The average Bonchev–Trinajstić information content (AvgIpc) is 2.24. The van der Waals surface area contributed by atoms with Crippen LogP contribution in [0.1, 0.15) is 65.7 Å². The first-order valence-corrected chi connectivity index (χ1v) is 6.42. The smallest absolute Gasteiger partial charge is 0.308 e. The van der Waals surface area contributed by atoms with Gasteiger partial charge in [-0.15, -0.1) is 0 Å². The molecule has 0 amide bonds. The predicted molar refractivity (Wildman–Crippen MR) is 63.8 cm³/mol. The van der Waals surface area contributed by atoms with Crippen LogP contribution in [0.5, 0.6) is 0 Å². The van der Waals surface area contributed by atoms with Crippen molar-refractivity contribution in [1.82, 2.24) is 0 Å².